The molecule has 1 aliphatic heterocycles. The molecular formula is C24H28N4O4. The predicted octanol–water partition coefficient (Wildman–Crippen LogP) is 3.26. The van der Waals surface area contributed by atoms with Crippen molar-refractivity contribution in [2.45, 2.75) is 26.7 Å². The summed E-state index contributed by atoms with van der Waals surface area (Å²) in [5.74, 6) is -0.0505. The van der Waals surface area contributed by atoms with Crippen molar-refractivity contribution < 1.29 is 19.0 Å². The Hall–Kier alpha value is -3.57. The molecule has 1 aromatic heterocycles. The molecule has 32 heavy (non-hydrogen) atoms. The molecule has 1 unspecified atom stereocenters. The highest BCUT2D eigenvalue weighted by atomic mass is 16.5. The highest BCUT2D eigenvalue weighted by Crippen LogP contribution is 2.49. The zero-order valence-corrected chi connectivity index (χ0v) is 19.0. The summed E-state index contributed by atoms with van der Waals surface area (Å²) in [5, 5.41) is 15.7. The number of esters is 1. The van der Waals surface area contributed by atoms with Crippen LogP contribution in [0.3, 0.4) is 0 Å². The molecule has 2 heterocycles. The quantitative estimate of drug-likeness (QED) is 0.480. The van der Waals surface area contributed by atoms with E-state index in [1.54, 1.807) is 32.5 Å². The molecule has 0 bridgehead atoms. The lowest BCUT2D eigenvalue weighted by molar-refractivity contribution is -0.139. The third-order valence-electron chi connectivity index (χ3n) is 5.32. The topological polar surface area (TPSA) is 106 Å². The van der Waals surface area contributed by atoms with Gasteiger partial charge in [0.1, 0.15) is 12.4 Å². The molecule has 0 radical (unpaired) electrons. The fraction of sp³-hybridized carbons (Fsp3) is 0.375. The molecule has 0 spiro atoms. The van der Waals surface area contributed by atoms with Gasteiger partial charge in [-0.25, -0.2) is 9.78 Å². The number of hydrogen-bond donors (Lipinski definition) is 2. The van der Waals surface area contributed by atoms with Crippen molar-refractivity contribution in [3.8, 4) is 17.7 Å². The van der Waals surface area contributed by atoms with Crippen molar-refractivity contribution in [1.29, 1.82) is 5.26 Å². The van der Waals surface area contributed by atoms with Gasteiger partial charge in [0.05, 0.1) is 48.1 Å². The van der Waals surface area contributed by atoms with Crippen LogP contribution in [-0.2, 0) is 9.53 Å². The van der Waals surface area contributed by atoms with E-state index in [2.05, 4.69) is 21.7 Å². The molecule has 0 aliphatic carbocycles. The average Bonchev–Trinajstić information content (AvgIpc) is 2.80. The van der Waals surface area contributed by atoms with Gasteiger partial charge in [-0.2, -0.15) is 5.26 Å². The van der Waals surface area contributed by atoms with Gasteiger partial charge in [0.15, 0.2) is 0 Å². The van der Waals surface area contributed by atoms with Gasteiger partial charge in [-0.3, -0.25) is 0 Å². The Balaban J connectivity index is 2.27. The number of rotatable bonds is 8. The first-order chi connectivity index (χ1) is 15.5. The number of fused-ring (bicyclic) bond motifs is 1. The molecule has 0 fully saturated rings. The van der Waals surface area contributed by atoms with Crippen LogP contribution in [0.2, 0.25) is 0 Å². The van der Waals surface area contributed by atoms with Crippen molar-refractivity contribution in [1.82, 2.24) is 10.3 Å². The number of nitrogens with zero attached hydrogens (tertiary/aromatic N) is 2. The van der Waals surface area contributed by atoms with Crippen LogP contribution in [0.25, 0.3) is 0 Å². The van der Waals surface area contributed by atoms with Crippen LogP contribution in [0.1, 0.15) is 42.0 Å². The number of pyridine rings is 1. The van der Waals surface area contributed by atoms with E-state index in [9.17, 15) is 10.1 Å². The third-order valence-corrected chi connectivity index (χ3v) is 5.32. The number of carbonyl (C=O) groups excluding carboxylic acids is 1. The lowest BCUT2D eigenvalue weighted by atomic mass is 9.79. The number of ether oxygens (including phenoxy) is 3. The van der Waals surface area contributed by atoms with Crippen LogP contribution >= 0.6 is 0 Å². The van der Waals surface area contributed by atoms with E-state index in [1.807, 2.05) is 26.8 Å². The van der Waals surface area contributed by atoms with Crippen LogP contribution in [0.5, 0.6) is 11.6 Å². The molecule has 1 atom stereocenters. The van der Waals surface area contributed by atoms with Crippen molar-refractivity contribution >= 4 is 11.7 Å². The first-order valence-corrected chi connectivity index (χ1v) is 10.5. The molecule has 2 N–H and O–H groups in total. The maximum Gasteiger partial charge on any atom is 0.336 e. The summed E-state index contributed by atoms with van der Waals surface area (Å²) in [6, 6.07) is 7.32. The first kappa shape index (κ1) is 23.1. The maximum absolute atomic E-state index is 13.3. The van der Waals surface area contributed by atoms with Gasteiger partial charge in [-0.1, -0.05) is 6.07 Å². The molecule has 0 saturated carbocycles. The molecule has 0 saturated heterocycles. The molecule has 168 valence electrons. The highest BCUT2D eigenvalue weighted by Gasteiger charge is 2.38. The number of benzene rings is 1. The minimum atomic E-state index is -0.551. The number of aryl methyl sites for hydroxylation is 1. The van der Waals surface area contributed by atoms with Crippen molar-refractivity contribution in [3.63, 3.8) is 0 Å². The smallest absolute Gasteiger partial charge is 0.336 e. The van der Waals surface area contributed by atoms with Gasteiger partial charge in [-0.15, -0.1) is 0 Å². The number of methoxy groups -OCH3 is 1. The van der Waals surface area contributed by atoms with Crippen LogP contribution < -0.4 is 20.1 Å². The second kappa shape index (κ2) is 10.2. The number of carbonyl (C=O) groups is 1. The summed E-state index contributed by atoms with van der Waals surface area (Å²) in [6.07, 6.45) is 1.74. The summed E-state index contributed by atoms with van der Waals surface area (Å²) < 4.78 is 17.0. The minimum absolute atomic E-state index is 0.237. The summed E-state index contributed by atoms with van der Waals surface area (Å²) in [7, 11) is 3.34. The normalized spacial score (nSPS) is 14.8. The van der Waals surface area contributed by atoms with Crippen molar-refractivity contribution in [2.24, 2.45) is 0 Å². The Labute approximate surface area is 188 Å². The van der Waals surface area contributed by atoms with E-state index in [1.165, 1.54) is 0 Å². The van der Waals surface area contributed by atoms with Gasteiger partial charge in [0.2, 0.25) is 5.88 Å². The lowest BCUT2D eigenvalue weighted by Crippen LogP contribution is -2.27. The number of nitriles is 1. The second-order valence-electron chi connectivity index (χ2n) is 7.37. The molecule has 2 aromatic rings. The fourth-order valence-corrected chi connectivity index (χ4v) is 3.83. The van der Waals surface area contributed by atoms with Crippen LogP contribution in [0.15, 0.2) is 35.7 Å². The Morgan fingerprint density at radius 1 is 1.34 bits per heavy atom. The van der Waals surface area contributed by atoms with Gasteiger partial charge >= 0.3 is 5.97 Å². The largest absolute Gasteiger partial charge is 0.496 e. The number of allylic oxidation sites excluding steroid dienone is 1. The zero-order chi connectivity index (χ0) is 23.3. The number of aromatic nitrogens is 1. The maximum atomic E-state index is 13.3. The van der Waals surface area contributed by atoms with Gasteiger partial charge in [-0.05, 0) is 45.5 Å². The number of likely N-dealkylation sites (N-methyl/N-ethyl adjacent to an activating group) is 1. The summed E-state index contributed by atoms with van der Waals surface area (Å²) >= 11 is 0. The van der Waals surface area contributed by atoms with Crippen molar-refractivity contribution in [2.75, 3.05) is 39.2 Å². The molecule has 8 heteroatoms. The monoisotopic (exact) mass is 436 g/mol. The van der Waals surface area contributed by atoms with Crippen LogP contribution in [-0.4, -0.2) is 44.9 Å². The molecule has 3 rings (SSSR count). The Bertz CT molecular complexity index is 1090. The zero-order valence-electron chi connectivity index (χ0n) is 19.0. The van der Waals surface area contributed by atoms with Gasteiger partial charge < -0.3 is 24.8 Å². The van der Waals surface area contributed by atoms with E-state index >= 15 is 0 Å². The Morgan fingerprint density at radius 3 is 2.78 bits per heavy atom. The number of hydrogen-bond acceptors (Lipinski definition) is 8. The third kappa shape index (κ3) is 4.39. The standard InChI is InChI=1S/C24H28N4O4/c1-6-31-23-21-20(17-8-7-16(12-25)11-18(17)30-5)19(24(29)32-10-9-26-4)15(3)28-22(21)14(2)13-27-23/h7-8,11,13,20,26,28H,6,9-10H2,1-5H3. The molecular weight excluding hydrogens is 408 g/mol. The van der Waals surface area contributed by atoms with Gasteiger partial charge in [0, 0.05) is 24.0 Å². The SMILES string of the molecule is CCOc1ncc(C)c2c1C(c1ccc(C#N)cc1OC)C(C(=O)OCCNC)=C(C)N2. The van der Waals surface area contributed by atoms with E-state index < -0.39 is 11.9 Å². The van der Waals surface area contributed by atoms with Crippen LogP contribution in [0, 0.1) is 18.3 Å². The summed E-state index contributed by atoms with van der Waals surface area (Å²) in [6.45, 7) is 6.88. The lowest BCUT2D eigenvalue weighted by Gasteiger charge is -2.32. The van der Waals surface area contributed by atoms with Crippen molar-refractivity contribution in [3.05, 3.63) is 57.9 Å². The van der Waals surface area contributed by atoms with E-state index in [-0.39, 0.29) is 6.61 Å². The van der Waals surface area contributed by atoms with E-state index in [0.717, 1.165) is 22.4 Å². The fourth-order valence-electron chi connectivity index (χ4n) is 3.83. The number of anilines is 1. The second-order valence-corrected chi connectivity index (χ2v) is 7.37. The Kier molecular flexibility index (Phi) is 7.33. The molecule has 1 aromatic carbocycles. The first-order valence-electron chi connectivity index (χ1n) is 10.5. The molecule has 0 amide bonds. The Morgan fingerprint density at radius 2 is 2.12 bits per heavy atom. The summed E-state index contributed by atoms with van der Waals surface area (Å²) in [5.41, 5.74) is 4.81. The molecule has 1 aliphatic rings. The molecule has 8 nitrogen and oxygen atoms in total. The average molecular weight is 437 g/mol. The van der Waals surface area contributed by atoms with Gasteiger partial charge in [0.25, 0.3) is 0 Å². The number of nitrogens with one attached hydrogen (secondary N) is 2. The highest BCUT2D eigenvalue weighted by molar-refractivity contribution is 5.95. The van der Waals surface area contributed by atoms with E-state index in [4.69, 9.17) is 14.2 Å². The summed E-state index contributed by atoms with van der Waals surface area (Å²) in [4.78, 5) is 17.8. The minimum Gasteiger partial charge on any atom is -0.496 e. The van der Waals surface area contributed by atoms with E-state index in [0.29, 0.717) is 41.6 Å². The van der Waals surface area contributed by atoms with Crippen LogP contribution in [0.4, 0.5) is 5.69 Å². The predicted molar refractivity (Wildman–Crippen MR) is 121 cm³/mol.